The summed E-state index contributed by atoms with van der Waals surface area (Å²) in [6.07, 6.45) is 0.978. The average Bonchev–Trinajstić information content (AvgIpc) is 2.14. The minimum atomic E-state index is -0.791. The van der Waals surface area contributed by atoms with E-state index in [1.807, 2.05) is 11.9 Å². The molecule has 2 atom stereocenters. The molecule has 1 amide bonds. The molecule has 1 aliphatic rings. The predicted molar refractivity (Wildman–Crippen MR) is 58.8 cm³/mol. The molecule has 6 nitrogen and oxygen atoms in total. The van der Waals surface area contributed by atoms with E-state index in [-0.39, 0.29) is 30.8 Å². The Morgan fingerprint density at radius 3 is 2.69 bits per heavy atom. The maximum absolute atomic E-state index is 10.8. The molecule has 0 radical (unpaired) electrons. The fourth-order valence-corrected chi connectivity index (χ4v) is 2.26. The van der Waals surface area contributed by atoms with Gasteiger partial charge in [-0.25, -0.2) is 0 Å². The Hall–Kier alpha value is -1.14. The van der Waals surface area contributed by atoms with Crippen molar-refractivity contribution in [3.05, 3.63) is 0 Å². The van der Waals surface area contributed by atoms with Gasteiger partial charge in [0, 0.05) is 25.6 Å². The van der Waals surface area contributed by atoms with Crippen LogP contribution in [0.25, 0.3) is 0 Å². The van der Waals surface area contributed by atoms with Gasteiger partial charge in [0.2, 0.25) is 5.91 Å². The molecule has 6 heteroatoms. The Labute approximate surface area is 94.8 Å². The number of amides is 1. The van der Waals surface area contributed by atoms with Gasteiger partial charge in [0.15, 0.2) is 0 Å². The number of aliphatic carboxylic acids is 1. The standard InChI is InChI=1S/C10H19N3O3/c1-12-8-2-7(3-10(15)16)4-13(5-8)6-9(11)14/h7-8,12H,2-6H2,1H3,(H2,11,14)(H,15,16). The molecule has 4 N–H and O–H groups in total. The number of carboxylic acids is 1. The van der Waals surface area contributed by atoms with Crippen molar-refractivity contribution in [2.24, 2.45) is 11.7 Å². The fourth-order valence-electron chi connectivity index (χ4n) is 2.26. The van der Waals surface area contributed by atoms with E-state index in [4.69, 9.17) is 10.8 Å². The summed E-state index contributed by atoms with van der Waals surface area (Å²) in [7, 11) is 1.84. The molecule has 0 saturated carbocycles. The van der Waals surface area contributed by atoms with E-state index in [1.54, 1.807) is 0 Å². The number of carbonyl (C=O) groups excluding carboxylic acids is 1. The van der Waals surface area contributed by atoms with Crippen LogP contribution in [-0.2, 0) is 9.59 Å². The lowest BCUT2D eigenvalue weighted by molar-refractivity contribution is -0.138. The van der Waals surface area contributed by atoms with Crippen LogP contribution >= 0.6 is 0 Å². The molecule has 1 heterocycles. The maximum atomic E-state index is 10.8. The van der Waals surface area contributed by atoms with Crippen LogP contribution in [0.1, 0.15) is 12.8 Å². The van der Waals surface area contributed by atoms with E-state index in [2.05, 4.69) is 5.32 Å². The van der Waals surface area contributed by atoms with Crippen LogP contribution < -0.4 is 11.1 Å². The molecular formula is C10H19N3O3. The third-order valence-corrected chi connectivity index (χ3v) is 2.86. The fraction of sp³-hybridized carbons (Fsp3) is 0.800. The maximum Gasteiger partial charge on any atom is 0.303 e. The molecule has 16 heavy (non-hydrogen) atoms. The number of nitrogens with one attached hydrogen (secondary N) is 1. The number of hydrogen-bond acceptors (Lipinski definition) is 4. The van der Waals surface area contributed by atoms with Gasteiger partial charge in [0.1, 0.15) is 0 Å². The number of nitrogens with two attached hydrogens (primary N) is 1. The number of likely N-dealkylation sites (N-methyl/N-ethyl adjacent to an activating group) is 1. The molecule has 0 aliphatic carbocycles. The highest BCUT2D eigenvalue weighted by Gasteiger charge is 2.28. The molecule has 1 fully saturated rings. The summed E-state index contributed by atoms with van der Waals surface area (Å²) >= 11 is 0. The van der Waals surface area contributed by atoms with Gasteiger partial charge in [-0.05, 0) is 19.4 Å². The second-order valence-corrected chi connectivity index (χ2v) is 4.35. The highest BCUT2D eigenvalue weighted by atomic mass is 16.4. The summed E-state index contributed by atoms with van der Waals surface area (Å²) in [4.78, 5) is 23.4. The van der Waals surface area contributed by atoms with E-state index in [9.17, 15) is 9.59 Å². The van der Waals surface area contributed by atoms with E-state index < -0.39 is 5.97 Å². The van der Waals surface area contributed by atoms with Crippen LogP contribution in [0.4, 0.5) is 0 Å². The van der Waals surface area contributed by atoms with Crippen LogP contribution in [0.15, 0.2) is 0 Å². The molecule has 1 saturated heterocycles. The summed E-state index contributed by atoms with van der Waals surface area (Å²) in [5, 5.41) is 11.9. The molecule has 92 valence electrons. The molecular weight excluding hydrogens is 210 g/mol. The summed E-state index contributed by atoms with van der Waals surface area (Å²) in [6, 6.07) is 0.234. The Kier molecular flexibility index (Phi) is 4.70. The largest absolute Gasteiger partial charge is 0.481 e. The van der Waals surface area contributed by atoms with Gasteiger partial charge >= 0.3 is 5.97 Å². The highest BCUT2D eigenvalue weighted by Crippen LogP contribution is 2.19. The van der Waals surface area contributed by atoms with E-state index in [0.717, 1.165) is 13.0 Å². The van der Waals surface area contributed by atoms with Gasteiger partial charge in [-0.1, -0.05) is 0 Å². The number of nitrogens with zero attached hydrogens (tertiary/aromatic N) is 1. The molecule has 1 aliphatic heterocycles. The smallest absolute Gasteiger partial charge is 0.303 e. The van der Waals surface area contributed by atoms with Crippen molar-refractivity contribution in [3.8, 4) is 0 Å². The van der Waals surface area contributed by atoms with Crippen LogP contribution in [0.2, 0.25) is 0 Å². The number of carbonyl (C=O) groups is 2. The third-order valence-electron chi connectivity index (χ3n) is 2.86. The first-order valence-corrected chi connectivity index (χ1v) is 5.41. The van der Waals surface area contributed by atoms with Crippen LogP contribution in [0.3, 0.4) is 0 Å². The van der Waals surface area contributed by atoms with Crippen molar-refractivity contribution in [2.45, 2.75) is 18.9 Å². The average molecular weight is 229 g/mol. The first-order valence-electron chi connectivity index (χ1n) is 5.41. The number of hydrogen-bond donors (Lipinski definition) is 3. The van der Waals surface area contributed by atoms with Gasteiger partial charge in [0.05, 0.1) is 6.54 Å². The summed E-state index contributed by atoms with van der Waals surface area (Å²) in [5.41, 5.74) is 5.14. The number of primary amides is 1. The van der Waals surface area contributed by atoms with Gasteiger partial charge in [-0.2, -0.15) is 0 Å². The lowest BCUT2D eigenvalue weighted by Gasteiger charge is -2.36. The van der Waals surface area contributed by atoms with Gasteiger partial charge in [-0.15, -0.1) is 0 Å². The minimum Gasteiger partial charge on any atom is -0.481 e. The molecule has 0 aromatic heterocycles. The van der Waals surface area contributed by atoms with Crippen LogP contribution in [0.5, 0.6) is 0 Å². The quantitative estimate of drug-likeness (QED) is 0.553. The second kappa shape index (κ2) is 5.81. The van der Waals surface area contributed by atoms with Gasteiger partial charge in [-0.3, -0.25) is 14.5 Å². The first kappa shape index (κ1) is 12.9. The minimum absolute atomic E-state index is 0.0862. The topological polar surface area (TPSA) is 95.7 Å². The van der Waals surface area contributed by atoms with E-state index in [1.165, 1.54) is 0 Å². The predicted octanol–water partition coefficient (Wildman–Crippen LogP) is -1.14. The zero-order valence-corrected chi connectivity index (χ0v) is 9.48. The molecule has 1 rings (SSSR count). The highest BCUT2D eigenvalue weighted by molar-refractivity contribution is 5.76. The number of rotatable bonds is 5. The first-order chi connectivity index (χ1) is 7.51. The molecule has 2 unspecified atom stereocenters. The van der Waals surface area contributed by atoms with Gasteiger partial charge in [0.25, 0.3) is 0 Å². The normalized spacial score (nSPS) is 26.6. The third kappa shape index (κ3) is 4.16. The van der Waals surface area contributed by atoms with Crippen molar-refractivity contribution < 1.29 is 14.7 Å². The molecule has 0 spiro atoms. The number of carboxylic acid groups (broad SMARTS) is 1. The number of likely N-dealkylation sites (tertiary alicyclic amines) is 1. The molecule has 0 bridgehead atoms. The zero-order valence-electron chi connectivity index (χ0n) is 9.48. The molecule has 0 aromatic rings. The van der Waals surface area contributed by atoms with Gasteiger partial charge < -0.3 is 16.2 Å². The van der Waals surface area contributed by atoms with Crippen LogP contribution in [0, 0.1) is 5.92 Å². The SMILES string of the molecule is CNC1CC(CC(=O)O)CN(CC(N)=O)C1. The summed E-state index contributed by atoms with van der Waals surface area (Å²) in [6.45, 7) is 1.58. The Balaban J connectivity index is 2.53. The van der Waals surface area contributed by atoms with Crippen molar-refractivity contribution in [1.82, 2.24) is 10.2 Å². The monoisotopic (exact) mass is 229 g/mol. The van der Waals surface area contributed by atoms with Crippen molar-refractivity contribution in [2.75, 3.05) is 26.7 Å². The lowest BCUT2D eigenvalue weighted by Crippen LogP contribution is -2.50. The van der Waals surface area contributed by atoms with Crippen molar-refractivity contribution in [1.29, 1.82) is 0 Å². The zero-order chi connectivity index (χ0) is 12.1. The molecule has 0 aromatic carbocycles. The Morgan fingerprint density at radius 1 is 1.50 bits per heavy atom. The Bertz CT molecular complexity index is 246. The van der Waals surface area contributed by atoms with E-state index >= 15 is 0 Å². The van der Waals surface area contributed by atoms with Crippen molar-refractivity contribution in [3.63, 3.8) is 0 Å². The van der Waals surface area contributed by atoms with E-state index in [0.29, 0.717) is 6.54 Å². The number of piperidine rings is 1. The second-order valence-electron chi connectivity index (χ2n) is 4.35. The summed E-state index contributed by atoms with van der Waals surface area (Å²) < 4.78 is 0. The summed E-state index contributed by atoms with van der Waals surface area (Å²) in [5.74, 6) is -1.07. The van der Waals surface area contributed by atoms with Crippen molar-refractivity contribution >= 4 is 11.9 Å². The van der Waals surface area contributed by atoms with Crippen LogP contribution in [-0.4, -0.2) is 54.6 Å². The lowest BCUT2D eigenvalue weighted by atomic mass is 9.91. The Morgan fingerprint density at radius 2 is 2.19 bits per heavy atom.